The van der Waals surface area contributed by atoms with Crippen molar-refractivity contribution in [1.29, 1.82) is 0 Å². The maximum Gasteiger partial charge on any atom is 0.285 e. The quantitative estimate of drug-likeness (QED) is 0.645. The van der Waals surface area contributed by atoms with Crippen LogP contribution in [0.1, 0.15) is 0 Å². The molecule has 0 saturated heterocycles. The van der Waals surface area contributed by atoms with Crippen LogP contribution in [-0.4, -0.2) is 5.16 Å². The van der Waals surface area contributed by atoms with E-state index in [0.717, 1.165) is 0 Å². The van der Waals surface area contributed by atoms with Crippen molar-refractivity contribution in [2.75, 3.05) is 0 Å². The maximum absolute atomic E-state index is 13.1. The highest BCUT2D eigenvalue weighted by atomic mass is 79.9. The van der Waals surface area contributed by atoms with Crippen molar-refractivity contribution in [3.05, 3.63) is 27.6 Å². The summed E-state index contributed by atoms with van der Waals surface area (Å²) in [6.45, 7) is 0. The predicted molar refractivity (Wildman–Crippen MR) is 40.6 cm³/mol. The lowest BCUT2D eigenvalue weighted by Crippen LogP contribution is -2.22. The summed E-state index contributed by atoms with van der Waals surface area (Å²) in [6.07, 6.45) is 0. The number of rotatable bonds is 0. The molecule has 62 valence electrons. The molecule has 0 bridgehead atoms. The van der Waals surface area contributed by atoms with Crippen LogP contribution in [0.2, 0.25) is 0 Å². The van der Waals surface area contributed by atoms with Gasteiger partial charge < -0.3 is 5.21 Å². The van der Waals surface area contributed by atoms with Gasteiger partial charge >= 0.3 is 0 Å². The predicted octanol–water partition coefficient (Wildman–Crippen LogP) is 1.36. The van der Waals surface area contributed by atoms with E-state index in [9.17, 15) is 9.60 Å². The van der Waals surface area contributed by atoms with Crippen LogP contribution in [0, 0.1) is 11.0 Å². The van der Waals surface area contributed by atoms with E-state index in [2.05, 4.69) is 25.7 Å². The standard InChI is InChI=1S/C6H2BrFN2O2/c7-3-1-2-4-6(5(3)8)9-12-10(4)11/h1-2H. The molecule has 6 heteroatoms. The van der Waals surface area contributed by atoms with Crippen molar-refractivity contribution in [3.63, 3.8) is 0 Å². The van der Waals surface area contributed by atoms with Gasteiger partial charge in [-0.15, -0.1) is 0 Å². The first-order valence-electron chi connectivity index (χ1n) is 3.03. The first kappa shape index (κ1) is 7.48. The highest BCUT2D eigenvalue weighted by molar-refractivity contribution is 9.10. The summed E-state index contributed by atoms with van der Waals surface area (Å²) >= 11 is 2.96. The van der Waals surface area contributed by atoms with Gasteiger partial charge in [0.25, 0.3) is 5.52 Å². The molecule has 2 rings (SSSR count). The minimum atomic E-state index is -0.592. The lowest BCUT2D eigenvalue weighted by Gasteiger charge is -1.89. The molecule has 0 atom stereocenters. The smallest absolute Gasteiger partial charge is 0.285 e. The zero-order chi connectivity index (χ0) is 8.72. The number of hydrogen-bond acceptors (Lipinski definition) is 3. The van der Waals surface area contributed by atoms with E-state index in [1.807, 2.05) is 0 Å². The van der Waals surface area contributed by atoms with Gasteiger partial charge in [0, 0.05) is 5.16 Å². The van der Waals surface area contributed by atoms with E-state index < -0.39 is 5.82 Å². The van der Waals surface area contributed by atoms with Crippen LogP contribution in [0.25, 0.3) is 11.0 Å². The summed E-state index contributed by atoms with van der Waals surface area (Å²) in [5.74, 6) is -0.592. The van der Waals surface area contributed by atoms with Crippen molar-refractivity contribution < 1.29 is 13.9 Å². The fraction of sp³-hybridized carbons (Fsp3) is 0. The number of aromatic nitrogens is 2. The van der Waals surface area contributed by atoms with Gasteiger partial charge in [0.05, 0.1) is 4.47 Å². The maximum atomic E-state index is 13.1. The summed E-state index contributed by atoms with van der Waals surface area (Å²) in [6, 6.07) is 2.84. The molecule has 0 aliphatic heterocycles. The summed E-state index contributed by atoms with van der Waals surface area (Å²) < 4.78 is 17.5. The fourth-order valence-corrected chi connectivity index (χ4v) is 1.21. The van der Waals surface area contributed by atoms with Gasteiger partial charge in [0.2, 0.25) is 5.52 Å². The van der Waals surface area contributed by atoms with Gasteiger partial charge in [0.15, 0.2) is 5.82 Å². The van der Waals surface area contributed by atoms with Crippen molar-refractivity contribution >= 4 is 27.0 Å². The van der Waals surface area contributed by atoms with Crippen LogP contribution in [0.5, 0.6) is 0 Å². The van der Waals surface area contributed by atoms with E-state index in [1.54, 1.807) is 0 Å². The minimum absolute atomic E-state index is 0.0700. The van der Waals surface area contributed by atoms with E-state index >= 15 is 0 Å². The first-order valence-corrected chi connectivity index (χ1v) is 3.83. The Morgan fingerprint density at radius 3 is 3.08 bits per heavy atom. The Kier molecular flexibility index (Phi) is 1.50. The van der Waals surface area contributed by atoms with Gasteiger partial charge in [-0.3, -0.25) is 4.63 Å². The van der Waals surface area contributed by atoms with Crippen molar-refractivity contribution in [3.8, 4) is 0 Å². The van der Waals surface area contributed by atoms with Crippen LogP contribution in [-0.2, 0) is 0 Å². The van der Waals surface area contributed by atoms with Gasteiger partial charge in [-0.1, -0.05) is 0 Å². The zero-order valence-electron chi connectivity index (χ0n) is 5.62. The fourth-order valence-electron chi connectivity index (χ4n) is 0.886. The Hall–Kier alpha value is -1.17. The third-order valence-electron chi connectivity index (χ3n) is 1.45. The molecule has 0 amide bonds. The second-order valence-corrected chi connectivity index (χ2v) is 3.01. The Morgan fingerprint density at radius 2 is 2.33 bits per heavy atom. The molecular weight excluding hydrogens is 231 g/mol. The molecule has 2 aromatic rings. The topological polar surface area (TPSA) is 53.0 Å². The number of benzene rings is 1. The van der Waals surface area contributed by atoms with Crippen LogP contribution in [0.4, 0.5) is 4.39 Å². The molecule has 0 fully saturated rings. The SMILES string of the molecule is [O-][n+]1onc2c(F)c(Br)ccc21. The monoisotopic (exact) mass is 232 g/mol. The molecule has 1 aromatic carbocycles. The first-order chi connectivity index (χ1) is 5.70. The second kappa shape index (κ2) is 2.41. The van der Waals surface area contributed by atoms with Gasteiger partial charge in [-0.2, -0.15) is 0 Å². The summed E-state index contributed by atoms with van der Waals surface area (Å²) in [4.78, 5) is 0.158. The second-order valence-electron chi connectivity index (χ2n) is 2.16. The molecule has 0 radical (unpaired) electrons. The summed E-state index contributed by atoms with van der Waals surface area (Å²) in [5.41, 5.74) is 0.00933. The zero-order valence-corrected chi connectivity index (χ0v) is 7.21. The molecule has 0 N–H and O–H groups in total. The molecule has 12 heavy (non-hydrogen) atoms. The Balaban J connectivity index is 2.93. The highest BCUT2D eigenvalue weighted by Crippen LogP contribution is 2.20. The van der Waals surface area contributed by atoms with Crippen LogP contribution < -0.4 is 4.90 Å². The minimum Gasteiger partial charge on any atom is -0.359 e. The average molecular weight is 233 g/mol. The summed E-state index contributed by atoms with van der Waals surface area (Å²) in [5, 5.41) is 14.0. The molecule has 0 saturated carbocycles. The molecular formula is C6H2BrFN2O2. The van der Waals surface area contributed by atoms with E-state index in [0.29, 0.717) is 0 Å². The molecule has 0 aliphatic rings. The Morgan fingerprint density at radius 1 is 1.58 bits per heavy atom. The number of nitrogens with zero attached hydrogens (tertiary/aromatic N) is 2. The van der Waals surface area contributed by atoms with Crippen LogP contribution in [0.15, 0.2) is 21.2 Å². The molecule has 1 aromatic heterocycles. The Bertz CT molecular complexity index is 442. The molecule has 4 nitrogen and oxygen atoms in total. The van der Waals surface area contributed by atoms with Crippen molar-refractivity contribution in [1.82, 2.24) is 5.16 Å². The molecule has 0 unspecified atom stereocenters. The average Bonchev–Trinajstić information content (AvgIpc) is 2.41. The number of hydrogen-bond donors (Lipinski definition) is 0. The molecule has 0 spiro atoms. The van der Waals surface area contributed by atoms with Crippen molar-refractivity contribution in [2.45, 2.75) is 0 Å². The van der Waals surface area contributed by atoms with Crippen molar-refractivity contribution in [2.24, 2.45) is 0 Å². The summed E-state index contributed by atoms with van der Waals surface area (Å²) in [7, 11) is 0. The highest BCUT2D eigenvalue weighted by Gasteiger charge is 2.16. The molecule has 0 aliphatic carbocycles. The Labute approximate surface area is 74.2 Å². The van der Waals surface area contributed by atoms with E-state index in [1.165, 1.54) is 12.1 Å². The van der Waals surface area contributed by atoms with Gasteiger partial charge in [-0.25, -0.2) is 4.39 Å². The van der Waals surface area contributed by atoms with Gasteiger partial charge in [0.1, 0.15) is 0 Å². The lowest BCUT2D eigenvalue weighted by molar-refractivity contribution is -0.782. The van der Waals surface area contributed by atoms with Gasteiger partial charge in [-0.05, 0) is 33.0 Å². The number of halogens is 2. The molecule has 1 heterocycles. The third kappa shape index (κ3) is 0.878. The van der Waals surface area contributed by atoms with E-state index in [4.69, 9.17) is 0 Å². The van der Waals surface area contributed by atoms with E-state index in [-0.39, 0.29) is 20.4 Å². The largest absolute Gasteiger partial charge is 0.359 e. The number of fused-ring (bicyclic) bond motifs is 1. The third-order valence-corrected chi connectivity index (χ3v) is 2.06. The normalized spacial score (nSPS) is 10.8. The lowest BCUT2D eigenvalue weighted by atomic mass is 10.3. The van der Waals surface area contributed by atoms with Crippen LogP contribution >= 0.6 is 15.9 Å². The van der Waals surface area contributed by atoms with Crippen LogP contribution in [0.3, 0.4) is 0 Å².